The number of unbranched alkanes of at least 4 members (excludes halogenated alkanes) is 1. The van der Waals surface area contributed by atoms with Crippen LogP contribution in [-0.2, 0) is 4.74 Å². The summed E-state index contributed by atoms with van der Waals surface area (Å²) in [6, 6.07) is 0. The van der Waals surface area contributed by atoms with Gasteiger partial charge in [-0.15, -0.1) is 0 Å². The van der Waals surface area contributed by atoms with Crippen LogP contribution in [0.1, 0.15) is 105 Å². The molecule has 2 rings (SSSR count). The molecule has 0 aromatic carbocycles. The van der Waals surface area contributed by atoms with Gasteiger partial charge in [-0.1, -0.05) is 79.1 Å². The predicted octanol–water partition coefficient (Wildman–Crippen LogP) is 7.24. The van der Waals surface area contributed by atoms with Crippen molar-refractivity contribution in [3.63, 3.8) is 0 Å². The van der Waals surface area contributed by atoms with Gasteiger partial charge in [0.15, 0.2) is 0 Å². The quantitative estimate of drug-likeness (QED) is 0.403. The molecule has 0 amide bonds. The zero-order valence-electron chi connectivity index (χ0n) is 17.1. The van der Waals surface area contributed by atoms with Gasteiger partial charge in [-0.2, -0.15) is 0 Å². The topological polar surface area (TPSA) is 9.23 Å². The third-order valence-electron chi connectivity index (χ3n) is 7.42. The van der Waals surface area contributed by atoms with E-state index in [1.54, 1.807) is 0 Å². The Balaban J connectivity index is 1.67. The molecule has 4 unspecified atom stereocenters. The van der Waals surface area contributed by atoms with Gasteiger partial charge in [-0.05, 0) is 55.3 Å². The Morgan fingerprint density at radius 2 is 1.38 bits per heavy atom. The Kier molecular flexibility index (Phi) is 9.16. The van der Waals surface area contributed by atoms with Gasteiger partial charge < -0.3 is 4.74 Å². The van der Waals surface area contributed by atoms with Crippen molar-refractivity contribution in [2.45, 2.75) is 111 Å². The highest BCUT2D eigenvalue weighted by Gasteiger charge is 2.34. The molecule has 2 fully saturated rings. The van der Waals surface area contributed by atoms with E-state index in [2.05, 4.69) is 27.7 Å². The molecular formula is C23H44O. The molecule has 0 N–H and O–H groups in total. The molecular weight excluding hydrogens is 292 g/mol. The maximum Gasteiger partial charge on any atom is 0.0603 e. The molecule has 142 valence electrons. The van der Waals surface area contributed by atoms with Crippen LogP contribution >= 0.6 is 0 Å². The summed E-state index contributed by atoms with van der Waals surface area (Å²) in [5.74, 6) is 4.65. The van der Waals surface area contributed by atoms with Gasteiger partial charge in [0.1, 0.15) is 0 Å². The Labute approximate surface area is 152 Å². The van der Waals surface area contributed by atoms with Gasteiger partial charge >= 0.3 is 0 Å². The van der Waals surface area contributed by atoms with E-state index in [1.165, 1.54) is 77.0 Å². The first-order valence-electron chi connectivity index (χ1n) is 11.3. The van der Waals surface area contributed by atoms with Crippen molar-refractivity contribution >= 4 is 0 Å². The van der Waals surface area contributed by atoms with Crippen molar-refractivity contribution in [2.24, 2.45) is 29.6 Å². The SMILES string of the molecule is CCCCOC1CCC(CCC2CCC(CCC)CC2)C(C)C1C. The lowest BCUT2D eigenvalue weighted by Crippen LogP contribution is -2.37. The molecule has 0 radical (unpaired) electrons. The van der Waals surface area contributed by atoms with Gasteiger partial charge in [-0.3, -0.25) is 0 Å². The summed E-state index contributed by atoms with van der Waals surface area (Å²) in [7, 11) is 0. The summed E-state index contributed by atoms with van der Waals surface area (Å²) < 4.78 is 6.18. The van der Waals surface area contributed by atoms with E-state index in [0.29, 0.717) is 6.10 Å². The maximum absolute atomic E-state index is 6.18. The largest absolute Gasteiger partial charge is 0.378 e. The molecule has 1 nitrogen and oxygen atoms in total. The molecule has 2 aliphatic rings. The van der Waals surface area contributed by atoms with Gasteiger partial charge in [0.2, 0.25) is 0 Å². The summed E-state index contributed by atoms with van der Waals surface area (Å²) >= 11 is 0. The number of hydrogen-bond donors (Lipinski definition) is 0. The monoisotopic (exact) mass is 336 g/mol. The molecule has 2 aliphatic carbocycles. The summed E-state index contributed by atoms with van der Waals surface area (Å²) in [5.41, 5.74) is 0. The summed E-state index contributed by atoms with van der Waals surface area (Å²) in [6.45, 7) is 10.5. The van der Waals surface area contributed by atoms with Crippen LogP contribution in [0.3, 0.4) is 0 Å². The van der Waals surface area contributed by atoms with Crippen molar-refractivity contribution in [3.05, 3.63) is 0 Å². The van der Waals surface area contributed by atoms with E-state index in [1.807, 2.05) is 0 Å². The third-order valence-corrected chi connectivity index (χ3v) is 7.42. The van der Waals surface area contributed by atoms with Crippen LogP contribution in [0.4, 0.5) is 0 Å². The Hall–Kier alpha value is -0.0400. The van der Waals surface area contributed by atoms with E-state index >= 15 is 0 Å². The van der Waals surface area contributed by atoms with Crippen LogP contribution < -0.4 is 0 Å². The van der Waals surface area contributed by atoms with E-state index in [9.17, 15) is 0 Å². The molecule has 0 aromatic heterocycles. The van der Waals surface area contributed by atoms with Gasteiger partial charge in [0.25, 0.3) is 0 Å². The van der Waals surface area contributed by atoms with Crippen LogP contribution in [0, 0.1) is 29.6 Å². The lowest BCUT2D eigenvalue weighted by Gasteiger charge is -2.40. The molecule has 0 bridgehead atoms. The fourth-order valence-electron chi connectivity index (χ4n) is 5.36. The number of rotatable bonds is 9. The lowest BCUT2D eigenvalue weighted by atomic mass is 9.69. The number of hydrogen-bond acceptors (Lipinski definition) is 1. The normalized spacial score (nSPS) is 37.5. The standard InChI is InChI=1S/C23H44O/c1-5-7-17-24-23-16-15-22(18(3)19(23)4)14-13-21-11-9-20(8-6-2)10-12-21/h18-23H,5-17H2,1-4H3. The molecule has 4 atom stereocenters. The molecule has 0 saturated heterocycles. The third kappa shape index (κ3) is 6.04. The van der Waals surface area contributed by atoms with Crippen molar-refractivity contribution in [3.8, 4) is 0 Å². The molecule has 2 saturated carbocycles. The molecule has 0 spiro atoms. The Bertz CT molecular complexity index is 318. The summed E-state index contributed by atoms with van der Waals surface area (Å²) in [5, 5.41) is 0. The fraction of sp³-hybridized carbons (Fsp3) is 1.00. The first kappa shape index (κ1) is 20.3. The van der Waals surface area contributed by atoms with Gasteiger partial charge in [0.05, 0.1) is 6.10 Å². The van der Waals surface area contributed by atoms with Crippen LogP contribution in [0.25, 0.3) is 0 Å². The zero-order valence-corrected chi connectivity index (χ0v) is 17.1. The average molecular weight is 337 g/mol. The van der Waals surface area contributed by atoms with Crippen LogP contribution in [0.5, 0.6) is 0 Å². The molecule has 0 aliphatic heterocycles. The van der Waals surface area contributed by atoms with Crippen LogP contribution in [0.15, 0.2) is 0 Å². The van der Waals surface area contributed by atoms with E-state index in [4.69, 9.17) is 4.74 Å². The lowest BCUT2D eigenvalue weighted by molar-refractivity contribution is -0.0440. The van der Waals surface area contributed by atoms with Crippen molar-refractivity contribution < 1.29 is 4.74 Å². The average Bonchev–Trinajstić information content (AvgIpc) is 2.60. The summed E-state index contributed by atoms with van der Waals surface area (Å²) in [4.78, 5) is 0. The van der Waals surface area contributed by atoms with Crippen LogP contribution in [0.2, 0.25) is 0 Å². The molecule has 24 heavy (non-hydrogen) atoms. The van der Waals surface area contributed by atoms with Crippen LogP contribution in [-0.4, -0.2) is 12.7 Å². The van der Waals surface area contributed by atoms with E-state index in [-0.39, 0.29) is 0 Å². The first-order chi connectivity index (χ1) is 11.7. The second-order valence-electron chi connectivity index (χ2n) is 9.07. The molecule has 0 heterocycles. The minimum Gasteiger partial charge on any atom is -0.378 e. The van der Waals surface area contributed by atoms with Crippen molar-refractivity contribution in [1.82, 2.24) is 0 Å². The molecule has 0 aromatic rings. The minimum atomic E-state index is 0.535. The number of ether oxygens (including phenoxy) is 1. The van der Waals surface area contributed by atoms with Gasteiger partial charge in [-0.25, -0.2) is 0 Å². The van der Waals surface area contributed by atoms with Crippen molar-refractivity contribution in [1.29, 1.82) is 0 Å². The highest BCUT2D eigenvalue weighted by molar-refractivity contribution is 4.85. The van der Waals surface area contributed by atoms with Crippen molar-refractivity contribution in [2.75, 3.05) is 6.61 Å². The Morgan fingerprint density at radius 3 is 2.00 bits per heavy atom. The fourth-order valence-corrected chi connectivity index (χ4v) is 5.36. The second kappa shape index (κ2) is 10.8. The first-order valence-corrected chi connectivity index (χ1v) is 11.3. The van der Waals surface area contributed by atoms with E-state index < -0.39 is 0 Å². The molecule has 1 heteroatoms. The highest BCUT2D eigenvalue weighted by Crippen LogP contribution is 2.41. The maximum atomic E-state index is 6.18. The van der Waals surface area contributed by atoms with Gasteiger partial charge in [0, 0.05) is 6.61 Å². The highest BCUT2D eigenvalue weighted by atomic mass is 16.5. The van der Waals surface area contributed by atoms with E-state index in [0.717, 1.165) is 36.2 Å². The smallest absolute Gasteiger partial charge is 0.0603 e. The zero-order chi connectivity index (χ0) is 17.4. The minimum absolute atomic E-state index is 0.535. The second-order valence-corrected chi connectivity index (χ2v) is 9.07. The summed E-state index contributed by atoms with van der Waals surface area (Å²) in [6.07, 6.45) is 17.6. The predicted molar refractivity (Wildman–Crippen MR) is 105 cm³/mol. The Morgan fingerprint density at radius 1 is 0.708 bits per heavy atom.